The first-order valence-electron chi connectivity index (χ1n) is 7.62. The highest BCUT2D eigenvalue weighted by atomic mass is 32.2. The van der Waals surface area contributed by atoms with Crippen molar-refractivity contribution < 1.29 is 14.4 Å². The Morgan fingerprint density at radius 2 is 2.14 bits per heavy atom. The predicted molar refractivity (Wildman–Crippen MR) is 79.9 cm³/mol. The number of amides is 3. The van der Waals surface area contributed by atoms with Crippen LogP contribution in [0.5, 0.6) is 0 Å². The fraction of sp³-hybridized carbons (Fsp3) is 0.786. The largest absolute Gasteiger partial charge is 0.353 e. The van der Waals surface area contributed by atoms with Crippen LogP contribution >= 0.6 is 11.8 Å². The molecule has 3 aliphatic rings. The van der Waals surface area contributed by atoms with Gasteiger partial charge in [-0.3, -0.25) is 14.4 Å². The van der Waals surface area contributed by atoms with E-state index in [9.17, 15) is 14.4 Å². The number of likely N-dealkylation sites (tertiary alicyclic amines) is 1. The Morgan fingerprint density at radius 3 is 2.90 bits per heavy atom. The predicted octanol–water partition coefficient (Wildman–Crippen LogP) is 0.672. The van der Waals surface area contributed by atoms with Gasteiger partial charge in [0.05, 0.1) is 0 Å². The molecule has 1 N–H and O–H groups in total. The molecule has 0 bridgehead atoms. The van der Waals surface area contributed by atoms with Crippen LogP contribution in [0.25, 0.3) is 0 Å². The zero-order chi connectivity index (χ0) is 14.8. The molecule has 7 heteroatoms. The Hall–Kier alpha value is -1.24. The summed E-state index contributed by atoms with van der Waals surface area (Å²) in [4.78, 5) is 38.9. The van der Waals surface area contributed by atoms with E-state index >= 15 is 0 Å². The van der Waals surface area contributed by atoms with Gasteiger partial charge >= 0.3 is 0 Å². The normalized spacial score (nSPS) is 29.3. The second kappa shape index (κ2) is 6.25. The lowest BCUT2D eigenvalue weighted by Crippen LogP contribution is -2.55. The van der Waals surface area contributed by atoms with Crippen molar-refractivity contribution in [2.24, 2.45) is 5.92 Å². The second-order valence-electron chi connectivity index (χ2n) is 5.95. The molecular formula is C14H21N3O3S. The number of nitrogens with one attached hydrogen (secondary N) is 1. The van der Waals surface area contributed by atoms with Gasteiger partial charge in [0.2, 0.25) is 11.8 Å². The van der Waals surface area contributed by atoms with Gasteiger partial charge in [0.15, 0.2) is 0 Å². The number of carbonyl (C=O) groups excluding carboxylic acids is 3. The molecule has 3 aliphatic heterocycles. The SMILES string of the molecule is O=C1CCC2CN(C(=O)CCN3CCSC3=O)CCC2N1. The minimum Gasteiger partial charge on any atom is -0.353 e. The standard InChI is InChI=1S/C14H21N3O3S/c18-12-2-1-10-9-17(5-3-11(10)15-12)13(19)4-6-16-7-8-21-14(16)20/h10-11H,1-9H2,(H,15,18). The van der Waals surface area contributed by atoms with Crippen molar-refractivity contribution in [2.45, 2.75) is 31.7 Å². The zero-order valence-electron chi connectivity index (χ0n) is 12.0. The average molecular weight is 311 g/mol. The van der Waals surface area contributed by atoms with Crippen molar-refractivity contribution in [3.63, 3.8) is 0 Å². The molecule has 3 saturated heterocycles. The quantitative estimate of drug-likeness (QED) is 0.832. The number of thioether (sulfide) groups is 1. The summed E-state index contributed by atoms with van der Waals surface area (Å²) in [6.07, 6.45) is 2.71. The number of hydrogen-bond donors (Lipinski definition) is 1. The molecule has 3 fully saturated rings. The van der Waals surface area contributed by atoms with Crippen molar-refractivity contribution >= 4 is 28.8 Å². The lowest BCUT2D eigenvalue weighted by Gasteiger charge is -2.41. The molecule has 3 rings (SSSR count). The molecule has 3 heterocycles. The van der Waals surface area contributed by atoms with Crippen LogP contribution in [-0.2, 0) is 9.59 Å². The first kappa shape index (κ1) is 14.7. The molecule has 0 aromatic rings. The van der Waals surface area contributed by atoms with Crippen molar-refractivity contribution in [1.82, 2.24) is 15.1 Å². The fourth-order valence-corrected chi connectivity index (χ4v) is 4.21. The van der Waals surface area contributed by atoms with Gasteiger partial charge < -0.3 is 15.1 Å². The van der Waals surface area contributed by atoms with Crippen molar-refractivity contribution in [1.29, 1.82) is 0 Å². The van der Waals surface area contributed by atoms with E-state index in [1.54, 1.807) is 4.90 Å². The Kier molecular flexibility index (Phi) is 4.37. The van der Waals surface area contributed by atoms with Crippen LogP contribution in [0.15, 0.2) is 0 Å². The van der Waals surface area contributed by atoms with Gasteiger partial charge in [0.1, 0.15) is 0 Å². The van der Waals surface area contributed by atoms with E-state index < -0.39 is 0 Å². The first-order valence-corrected chi connectivity index (χ1v) is 8.61. The molecule has 0 aromatic carbocycles. The highest BCUT2D eigenvalue weighted by Gasteiger charge is 2.35. The van der Waals surface area contributed by atoms with Crippen LogP contribution < -0.4 is 5.32 Å². The summed E-state index contributed by atoms with van der Waals surface area (Å²) in [6.45, 7) is 2.75. The van der Waals surface area contributed by atoms with Crippen molar-refractivity contribution in [3.8, 4) is 0 Å². The number of fused-ring (bicyclic) bond motifs is 1. The smallest absolute Gasteiger partial charge is 0.281 e. The summed E-state index contributed by atoms with van der Waals surface area (Å²) in [5.74, 6) is 1.50. The van der Waals surface area contributed by atoms with E-state index in [1.165, 1.54) is 11.8 Å². The lowest BCUT2D eigenvalue weighted by atomic mass is 9.85. The highest BCUT2D eigenvalue weighted by Crippen LogP contribution is 2.26. The summed E-state index contributed by atoms with van der Waals surface area (Å²) in [5.41, 5.74) is 0. The zero-order valence-corrected chi connectivity index (χ0v) is 12.9. The third-order valence-electron chi connectivity index (χ3n) is 4.62. The summed E-state index contributed by atoms with van der Waals surface area (Å²) in [7, 11) is 0. The van der Waals surface area contributed by atoms with Gasteiger partial charge in [-0.1, -0.05) is 11.8 Å². The van der Waals surface area contributed by atoms with Crippen LogP contribution in [0.3, 0.4) is 0 Å². The number of nitrogens with zero attached hydrogens (tertiary/aromatic N) is 2. The molecule has 0 saturated carbocycles. The first-order chi connectivity index (χ1) is 10.1. The Balaban J connectivity index is 1.47. The maximum absolute atomic E-state index is 12.3. The Labute approximate surface area is 128 Å². The summed E-state index contributed by atoms with van der Waals surface area (Å²) < 4.78 is 0. The van der Waals surface area contributed by atoms with Crippen LogP contribution in [0.4, 0.5) is 4.79 Å². The summed E-state index contributed by atoms with van der Waals surface area (Å²) in [5, 5.41) is 3.12. The number of rotatable bonds is 3. The molecule has 2 atom stereocenters. The Morgan fingerprint density at radius 1 is 1.29 bits per heavy atom. The number of carbonyl (C=O) groups is 3. The third kappa shape index (κ3) is 3.33. The van der Waals surface area contributed by atoms with E-state index in [4.69, 9.17) is 0 Å². The summed E-state index contributed by atoms with van der Waals surface area (Å²) >= 11 is 1.33. The van der Waals surface area contributed by atoms with E-state index in [2.05, 4.69) is 5.32 Å². The number of piperidine rings is 2. The minimum atomic E-state index is 0.0940. The van der Waals surface area contributed by atoms with E-state index in [1.807, 2.05) is 4.90 Å². The van der Waals surface area contributed by atoms with E-state index in [0.29, 0.717) is 31.8 Å². The highest BCUT2D eigenvalue weighted by molar-refractivity contribution is 8.13. The molecular weight excluding hydrogens is 290 g/mol. The molecule has 0 radical (unpaired) electrons. The van der Waals surface area contributed by atoms with Gasteiger partial charge in [-0.25, -0.2) is 0 Å². The van der Waals surface area contributed by atoms with E-state index in [-0.39, 0.29) is 23.1 Å². The summed E-state index contributed by atoms with van der Waals surface area (Å²) in [6, 6.07) is 0.242. The van der Waals surface area contributed by atoms with Crippen LogP contribution in [0.1, 0.15) is 25.7 Å². The topological polar surface area (TPSA) is 69.7 Å². The van der Waals surface area contributed by atoms with Gasteiger partial charge in [-0.15, -0.1) is 0 Å². The van der Waals surface area contributed by atoms with Crippen LogP contribution in [0.2, 0.25) is 0 Å². The van der Waals surface area contributed by atoms with Crippen molar-refractivity contribution in [2.75, 3.05) is 31.9 Å². The lowest BCUT2D eigenvalue weighted by molar-refractivity contribution is -0.134. The van der Waals surface area contributed by atoms with Gasteiger partial charge in [0, 0.05) is 50.8 Å². The fourth-order valence-electron chi connectivity index (χ4n) is 3.35. The van der Waals surface area contributed by atoms with Gasteiger partial charge in [-0.05, 0) is 18.8 Å². The molecule has 0 aromatic heterocycles. The molecule has 0 aliphatic carbocycles. The molecule has 21 heavy (non-hydrogen) atoms. The monoisotopic (exact) mass is 311 g/mol. The average Bonchev–Trinajstić information content (AvgIpc) is 2.89. The second-order valence-corrected chi connectivity index (χ2v) is 7.00. The molecule has 116 valence electrons. The molecule has 6 nitrogen and oxygen atoms in total. The maximum atomic E-state index is 12.3. The number of hydrogen-bond acceptors (Lipinski definition) is 4. The van der Waals surface area contributed by atoms with Gasteiger partial charge in [-0.2, -0.15) is 0 Å². The van der Waals surface area contributed by atoms with Crippen LogP contribution in [-0.4, -0.2) is 64.8 Å². The maximum Gasteiger partial charge on any atom is 0.281 e. The molecule has 0 spiro atoms. The third-order valence-corrected chi connectivity index (χ3v) is 5.51. The Bertz CT molecular complexity index is 457. The molecule has 3 amide bonds. The van der Waals surface area contributed by atoms with Gasteiger partial charge in [0.25, 0.3) is 5.24 Å². The minimum absolute atomic E-state index is 0.0940. The van der Waals surface area contributed by atoms with Crippen LogP contribution in [0, 0.1) is 5.92 Å². The molecule has 2 unspecified atom stereocenters. The van der Waals surface area contributed by atoms with Crippen molar-refractivity contribution in [3.05, 3.63) is 0 Å². The van der Waals surface area contributed by atoms with E-state index in [0.717, 1.165) is 31.7 Å².